The molecule has 0 radical (unpaired) electrons. The number of aryl methyl sites for hydroxylation is 1. The van der Waals surface area contributed by atoms with Crippen molar-refractivity contribution in [3.05, 3.63) is 54.0 Å². The van der Waals surface area contributed by atoms with Crippen LogP contribution in [0.5, 0.6) is 0 Å². The van der Waals surface area contributed by atoms with E-state index in [1.807, 2.05) is 23.9 Å². The molecule has 0 amide bonds. The first kappa shape index (κ1) is 14.2. The second-order valence-electron chi connectivity index (χ2n) is 4.65. The monoisotopic (exact) mass is 275 g/mol. The summed E-state index contributed by atoms with van der Waals surface area (Å²) in [5, 5.41) is 3.54. The number of nitrogens with one attached hydrogen (secondary N) is 1. The van der Waals surface area contributed by atoms with Crippen molar-refractivity contribution in [1.29, 1.82) is 0 Å². The van der Waals surface area contributed by atoms with Gasteiger partial charge in [-0.15, -0.1) is 11.8 Å². The van der Waals surface area contributed by atoms with Crippen molar-refractivity contribution in [2.24, 2.45) is 0 Å². The normalized spacial score (nSPS) is 12.5. The average Bonchev–Trinajstić information content (AvgIpc) is 2.93. The summed E-state index contributed by atoms with van der Waals surface area (Å²) in [4.78, 5) is 1.31. The first-order valence-electron chi connectivity index (χ1n) is 6.76. The Morgan fingerprint density at radius 2 is 2.16 bits per heavy atom. The highest BCUT2D eigenvalue weighted by Crippen LogP contribution is 2.25. The molecule has 1 N–H and O–H groups in total. The molecule has 0 fully saturated rings. The van der Waals surface area contributed by atoms with Crippen LogP contribution in [0.2, 0.25) is 0 Å². The Morgan fingerprint density at radius 1 is 1.26 bits per heavy atom. The molecule has 19 heavy (non-hydrogen) atoms. The lowest BCUT2D eigenvalue weighted by Gasteiger charge is -2.16. The number of benzene rings is 1. The summed E-state index contributed by atoms with van der Waals surface area (Å²) in [7, 11) is 0. The predicted octanol–water partition coefficient (Wildman–Crippen LogP) is 4.42. The Balaban J connectivity index is 1.96. The summed E-state index contributed by atoms with van der Waals surface area (Å²) in [6.45, 7) is 5.32. The van der Waals surface area contributed by atoms with Crippen molar-refractivity contribution in [2.75, 3.05) is 12.3 Å². The van der Waals surface area contributed by atoms with Crippen LogP contribution in [-0.4, -0.2) is 12.3 Å². The Labute approximate surface area is 119 Å². The van der Waals surface area contributed by atoms with Crippen molar-refractivity contribution in [3.63, 3.8) is 0 Å². The van der Waals surface area contributed by atoms with E-state index in [4.69, 9.17) is 4.42 Å². The van der Waals surface area contributed by atoms with E-state index >= 15 is 0 Å². The molecule has 1 aromatic heterocycles. The third-order valence-electron chi connectivity index (χ3n) is 2.93. The minimum Gasteiger partial charge on any atom is -0.468 e. The van der Waals surface area contributed by atoms with Crippen LogP contribution in [0.15, 0.2) is 52.0 Å². The fourth-order valence-electron chi connectivity index (χ4n) is 1.93. The van der Waals surface area contributed by atoms with Crippen LogP contribution in [0.25, 0.3) is 0 Å². The largest absolute Gasteiger partial charge is 0.468 e. The Morgan fingerprint density at radius 3 is 2.84 bits per heavy atom. The van der Waals surface area contributed by atoms with Crippen LogP contribution < -0.4 is 5.32 Å². The van der Waals surface area contributed by atoms with Crippen LogP contribution in [0.4, 0.5) is 0 Å². The Bertz CT molecular complexity index is 481. The number of furan rings is 1. The van der Waals surface area contributed by atoms with Crippen molar-refractivity contribution in [1.82, 2.24) is 5.32 Å². The lowest BCUT2D eigenvalue weighted by molar-refractivity contribution is 0.435. The minimum absolute atomic E-state index is 0.278. The fraction of sp³-hybridized carbons (Fsp3) is 0.375. The molecule has 102 valence electrons. The van der Waals surface area contributed by atoms with E-state index in [1.165, 1.54) is 10.5 Å². The van der Waals surface area contributed by atoms with Crippen molar-refractivity contribution in [3.8, 4) is 0 Å². The number of rotatable bonds is 7. The molecule has 0 saturated carbocycles. The number of hydrogen-bond acceptors (Lipinski definition) is 3. The van der Waals surface area contributed by atoms with E-state index < -0.39 is 0 Å². The van der Waals surface area contributed by atoms with Gasteiger partial charge in [0.1, 0.15) is 5.76 Å². The van der Waals surface area contributed by atoms with Gasteiger partial charge in [0.05, 0.1) is 12.3 Å². The van der Waals surface area contributed by atoms with Gasteiger partial charge in [0, 0.05) is 10.6 Å². The molecular formula is C16H21NOS. The first-order chi connectivity index (χ1) is 9.29. The van der Waals surface area contributed by atoms with Crippen molar-refractivity contribution < 1.29 is 4.42 Å². The molecule has 0 spiro atoms. The number of hydrogen-bond donors (Lipinski definition) is 1. The van der Waals surface area contributed by atoms with E-state index in [-0.39, 0.29) is 6.04 Å². The highest BCUT2D eigenvalue weighted by Gasteiger charge is 2.13. The summed E-state index contributed by atoms with van der Waals surface area (Å²) in [6, 6.07) is 12.9. The third-order valence-corrected chi connectivity index (χ3v) is 4.02. The maximum atomic E-state index is 5.53. The van der Waals surface area contributed by atoms with E-state index in [0.29, 0.717) is 0 Å². The van der Waals surface area contributed by atoms with Crippen LogP contribution in [0.1, 0.15) is 30.7 Å². The zero-order valence-electron chi connectivity index (χ0n) is 11.6. The van der Waals surface area contributed by atoms with Crippen molar-refractivity contribution in [2.45, 2.75) is 31.2 Å². The Kier molecular flexibility index (Phi) is 5.55. The molecule has 0 aliphatic rings. The van der Waals surface area contributed by atoms with Gasteiger partial charge in [-0.1, -0.05) is 24.6 Å². The standard InChI is InChI=1S/C16H21NOS/c1-3-9-17-15(16-8-5-10-18-16)12-19-14-7-4-6-13(2)11-14/h4-8,10-11,15,17H,3,9,12H2,1-2H3. The molecule has 3 heteroatoms. The zero-order chi connectivity index (χ0) is 13.5. The van der Waals surface area contributed by atoms with E-state index in [1.54, 1.807) is 6.26 Å². The number of thioether (sulfide) groups is 1. The summed E-state index contributed by atoms with van der Waals surface area (Å²) < 4.78 is 5.53. The topological polar surface area (TPSA) is 25.2 Å². The summed E-state index contributed by atoms with van der Waals surface area (Å²) in [5.41, 5.74) is 1.31. The highest BCUT2D eigenvalue weighted by molar-refractivity contribution is 7.99. The lowest BCUT2D eigenvalue weighted by atomic mass is 10.2. The second kappa shape index (κ2) is 7.41. The third kappa shape index (κ3) is 4.44. The van der Waals surface area contributed by atoms with Crippen LogP contribution in [-0.2, 0) is 0 Å². The summed E-state index contributed by atoms with van der Waals surface area (Å²) in [5.74, 6) is 2.00. The van der Waals surface area contributed by atoms with Gasteiger partial charge in [0.25, 0.3) is 0 Å². The van der Waals surface area contributed by atoms with Crippen LogP contribution in [0, 0.1) is 6.92 Å². The molecule has 1 heterocycles. The molecule has 1 unspecified atom stereocenters. The maximum absolute atomic E-state index is 5.53. The van der Waals surface area contributed by atoms with Gasteiger partial charge >= 0.3 is 0 Å². The SMILES string of the molecule is CCCNC(CSc1cccc(C)c1)c1ccco1. The fourth-order valence-corrected chi connectivity index (χ4v) is 3.02. The molecule has 0 bridgehead atoms. The van der Waals surface area contributed by atoms with Gasteiger partial charge < -0.3 is 9.73 Å². The van der Waals surface area contributed by atoms with Crippen molar-refractivity contribution >= 4 is 11.8 Å². The zero-order valence-corrected chi connectivity index (χ0v) is 12.4. The van der Waals surface area contributed by atoms with Gasteiger partial charge in [-0.05, 0) is 44.2 Å². The minimum atomic E-state index is 0.278. The molecule has 0 aliphatic carbocycles. The van der Waals surface area contributed by atoms with Gasteiger partial charge in [0.15, 0.2) is 0 Å². The average molecular weight is 275 g/mol. The van der Waals surface area contributed by atoms with Gasteiger partial charge in [0.2, 0.25) is 0 Å². The molecule has 2 nitrogen and oxygen atoms in total. The quantitative estimate of drug-likeness (QED) is 0.757. The maximum Gasteiger partial charge on any atom is 0.121 e. The molecular weight excluding hydrogens is 254 g/mol. The first-order valence-corrected chi connectivity index (χ1v) is 7.74. The second-order valence-corrected chi connectivity index (χ2v) is 5.74. The Hall–Kier alpha value is -1.19. The van der Waals surface area contributed by atoms with Crippen LogP contribution >= 0.6 is 11.8 Å². The van der Waals surface area contributed by atoms with E-state index in [9.17, 15) is 0 Å². The molecule has 2 aromatic rings. The van der Waals surface area contributed by atoms with E-state index in [2.05, 4.69) is 43.4 Å². The van der Waals surface area contributed by atoms with Crippen LogP contribution in [0.3, 0.4) is 0 Å². The van der Waals surface area contributed by atoms with Gasteiger partial charge in [-0.25, -0.2) is 0 Å². The molecule has 1 atom stereocenters. The molecule has 0 aliphatic heterocycles. The summed E-state index contributed by atoms with van der Waals surface area (Å²) in [6.07, 6.45) is 2.87. The van der Waals surface area contributed by atoms with Gasteiger partial charge in [-0.3, -0.25) is 0 Å². The van der Waals surface area contributed by atoms with E-state index in [0.717, 1.165) is 24.5 Å². The molecule has 1 aromatic carbocycles. The smallest absolute Gasteiger partial charge is 0.121 e. The molecule has 2 rings (SSSR count). The van der Waals surface area contributed by atoms with Gasteiger partial charge in [-0.2, -0.15) is 0 Å². The highest BCUT2D eigenvalue weighted by atomic mass is 32.2. The molecule has 0 saturated heterocycles. The predicted molar refractivity (Wildman–Crippen MR) is 81.6 cm³/mol. The summed E-state index contributed by atoms with van der Waals surface area (Å²) >= 11 is 1.87. The lowest BCUT2D eigenvalue weighted by Crippen LogP contribution is -2.23.